The molecular weight excluding hydrogens is 254 g/mol. The Hall–Kier alpha value is -1.33. The predicted octanol–water partition coefficient (Wildman–Crippen LogP) is 1.81. The number of pyridine rings is 1. The highest BCUT2D eigenvalue weighted by molar-refractivity contribution is 5.53. The van der Waals surface area contributed by atoms with Gasteiger partial charge in [0.15, 0.2) is 11.6 Å². The molecule has 0 aromatic carbocycles. The summed E-state index contributed by atoms with van der Waals surface area (Å²) >= 11 is 0. The van der Waals surface area contributed by atoms with E-state index in [0.717, 1.165) is 24.7 Å². The molecule has 0 radical (unpaired) electrons. The van der Waals surface area contributed by atoms with Crippen LogP contribution >= 0.6 is 0 Å². The van der Waals surface area contributed by atoms with Gasteiger partial charge in [-0.2, -0.15) is 0 Å². The van der Waals surface area contributed by atoms with E-state index in [9.17, 15) is 0 Å². The number of aromatic nitrogens is 1. The summed E-state index contributed by atoms with van der Waals surface area (Å²) in [7, 11) is 0. The van der Waals surface area contributed by atoms with Gasteiger partial charge in [-0.3, -0.25) is 0 Å². The Morgan fingerprint density at radius 3 is 2.95 bits per heavy atom. The van der Waals surface area contributed by atoms with Gasteiger partial charge in [-0.05, 0) is 39.8 Å². The zero-order valence-electron chi connectivity index (χ0n) is 12.8. The lowest BCUT2D eigenvalue weighted by Gasteiger charge is -2.43. The van der Waals surface area contributed by atoms with Crippen molar-refractivity contribution in [3.63, 3.8) is 0 Å². The average molecular weight is 279 g/mol. The second kappa shape index (κ2) is 5.97. The minimum atomic E-state index is -0.241. The van der Waals surface area contributed by atoms with Gasteiger partial charge in [0.25, 0.3) is 0 Å². The molecule has 1 aliphatic heterocycles. The van der Waals surface area contributed by atoms with Crippen molar-refractivity contribution in [1.82, 2.24) is 4.98 Å². The van der Waals surface area contributed by atoms with Gasteiger partial charge in [-0.15, -0.1) is 0 Å². The highest BCUT2D eigenvalue weighted by Gasteiger charge is 2.34. The van der Waals surface area contributed by atoms with Gasteiger partial charge < -0.3 is 20.1 Å². The normalized spacial score (nSPS) is 22.1. The van der Waals surface area contributed by atoms with E-state index in [1.807, 2.05) is 26.0 Å². The van der Waals surface area contributed by atoms with Crippen LogP contribution in [0.3, 0.4) is 0 Å². The third-order valence-electron chi connectivity index (χ3n) is 3.16. The molecule has 1 aromatic heterocycles. The Bertz CT molecular complexity index is 448. The smallest absolute Gasteiger partial charge is 0.171 e. The maximum Gasteiger partial charge on any atom is 0.171 e. The summed E-state index contributed by atoms with van der Waals surface area (Å²) in [5, 5.41) is 0. The summed E-state index contributed by atoms with van der Waals surface area (Å²) in [6.45, 7) is 10.2. The predicted molar refractivity (Wildman–Crippen MR) is 80.2 cm³/mol. The molecule has 0 saturated carbocycles. The van der Waals surface area contributed by atoms with E-state index in [0.29, 0.717) is 6.54 Å². The van der Waals surface area contributed by atoms with Crippen molar-refractivity contribution in [1.29, 1.82) is 0 Å². The number of ether oxygens (including phenoxy) is 2. The molecule has 112 valence electrons. The van der Waals surface area contributed by atoms with Gasteiger partial charge in [0, 0.05) is 25.8 Å². The van der Waals surface area contributed by atoms with E-state index >= 15 is 0 Å². The van der Waals surface area contributed by atoms with Crippen molar-refractivity contribution in [2.45, 2.75) is 45.5 Å². The first-order valence-electron chi connectivity index (χ1n) is 7.16. The first-order chi connectivity index (χ1) is 9.41. The Morgan fingerprint density at radius 2 is 2.30 bits per heavy atom. The Balaban J connectivity index is 2.25. The zero-order valence-corrected chi connectivity index (χ0v) is 12.8. The summed E-state index contributed by atoms with van der Waals surface area (Å²) in [5.74, 6) is 1.69. The third-order valence-corrected chi connectivity index (χ3v) is 3.16. The molecule has 1 aromatic rings. The summed E-state index contributed by atoms with van der Waals surface area (Å²) in [4.78, 5) is 6.70. The maximum absolute atomic E-state index is 5.96. The van der Waals surface area contributed by atoms with Gasteiger partial charge >= 0.3 is 0 Å². The van der Waals surface area contributed by atoms with E-state index in [1.165, 1.54) is 0 Å². The second-order valence-corrected chi connectivity index (χ2v) is 6.11. The molecule has 20 heavy (non-hydrogen) atoms. The largest absolute Gasteiger partial charge is 0.487 e. The zero-order chi connectivity index (χ0) is 14.8. The summed E-state index contributed by atoms with van der Waals surface area (Å²) in [6, 6.07) is 3.86. The number of hydrogen-bond donors (Lipinski definition) is 1. The molecule has 0 amide bonds. The Kier molecular flexibility index (Phi) is 4.50. The molecule has 1 unspecified atom stereocenters. The third kappa shape index (κ3) is 3.61. The summed E-state index contributed by atoms with van der Waals surface area (Å²) in [6.07, 6.45) is 1.94. The lowest BCUT2D eigenvalue weighted by molar-refractivity contribution is -0.0791. The Labute approximate surface area is 121 Å². The van der Waals surface area contributed by atoms with E-state index < -0.39 is 0 Å². The molecule has 5 nitrogen and oxygen atoms in total. The molecule has 0 bridgehead atoms. The fourth-order valence-corrected chi connectivity index (χ4v) is 2.55. The molecule has 1 saturated heterocycles. The number of morpholine rings is 1. The number of nitrogens with zero attached hydrogens (tertiary/aromatic N) is 2. The molecule has 0 spiro atoms. The van der Waals surface area contributed by atoms with E-state index in [1.54, 1.807) is 6.20 Å². The van der Waals surface area contributed by atoms with Gasteiger partial charge in [0.1, 0.15) is 0 Å². The van der Waals surface area contributed by atoms with Crippen molar-refractivity contribution in [3.8, 4) is 5.75 Å². The highest BCUT2D eigenvalue weighted by Crippen LogP contribution is 2.31. The first kappa shape index (κ1) is 15.1. The van der Waals surface area contributed by atoms with Crippen molar-refractivity contribution in [2.24, 2.45) is 5.73 Å². The van der Waals surface area contributed by atoms with E-state index in [4.69, 9.17) is 15.2 Å². The van der Waals surface area contributed by atoms with Crippen LogP contribution in [0.25, 0.3) is 0 Å². The molecule has 2 N–H and O–H groups in total. The number of hydrogen-bond acceptors (Lipinski definition) is 5. The van der Waals surface area contributed by atoms with Crippen molar-refractivity contribution in [2.75, 3.05) is 24.5 Å². The van der Waals surface area contributed by atoms with Crippen LogP contribution < -0.4 is 15.4 Å². The maximum atomic E-state index is 5.96. The quantitative estimate of drug-likeness (QED) is 0.911. The minimum absolute atomic E-state index is 0.0210. The lowest BCUT2D eigenvalue weighted by atomic mass is 10.0. The molecule has 2 rings (SSSR count). The van der Waals surface area contributed by atoms with Gasteiger partial charge in [-0.25, -0.2) is 4.98 Å². The lowest BCUT2D eigenvalue weighted by Crippen LogP contribution is -2.55. The average Bonchev–Trinajstić information content (AvgIpc) is 2.36. The van der Waals surface area contributed by atoms with Gasteiger partial charge in [-0.1, -0.05) is 0 Å². The fourth-order valence-electron chi connectivity index (χ4n) is 2.55. The molecule has 1 atom stereocenters. The fraction of sp³-hybridized carbons (Fsp3) is 0.667. The molecule has 2 heterocycles. The van der Waals surface area contributed by atoms with Crippen LogP contribution in [0.4, 0.5) is 5.82 Å². The van der Waals surface area contributed by atoms with Crippen LogP contribution in [0.2, 0.25) is 0 Å². The van der Waals surface area contributed by atoms with Crippen LogP contribution in [-0.2, 0) is 4.74 Å². The number of rotatable bonds is 4. The van der Waals surface area contributed by atoms with Crippen LogP contribution in [0.5, 0.6) is 5.75 Å². The van der Waals surface area contributed by atoms with Crippen molar-refractivity contribution in [3.05, 3.63) is 18.3 Å². The van der Waals surface area contributed by atoms with Crippen LogP contribution in [0.15, 0.2) is 18.3 Å². The molecule has 1 aliphatic rings. The molecular formula is C15H25N3O2. The van der Waals surface area contributed by atoms with Crippen LogP contribution in [-0.4, -0.2) is 42.4 Å². The van der Waals surface area contributed by atoms with Gasteiger partial charge in [0.2, 0.25) is 0 Å². The highest BCUT2D eigenvalue weighted by atomic mass is 16.5. The van der Waals surface area contributed by atoms with Crippen LogP contribution in [0.1, 0.15) is 27.7 Å². The van der Waals surface area contributed by atoms with Crippen molar-refractivity contribution < 1.29 is 9.47 Å². The summed E-state index contributed by atoms with van der Waals surface area (Å²) < 4.78 is 11.8. The SMILES string of the molecule is CC(C)Oc1cccnc1N1CC(CN)OC(C)(C)C1. The standard InChI is InChI=1S/C15H25N3O2/c1-11(2)19-13-6-5-7-17-14(13)18-9-12(8-16)20-15(3,4)10-18/h5-7,11-12H,8-10,16H2,1-4H3. The molecule has 1 fully saturated rings. The first-order valence-corrected chi connectivity index (χ1v) is 7.16. The summed E-state index contributed by atoms with van der Waals surface area (Å²) in [5.41, 5.74) is 5.54. The Morgan fingerprint density at radius 1 is 1.55 bits per heavy atom. The van der Waals surface area contributed by atoms with E-state index in [-0.39, 0.29) is 17.8 Å². The molecule has 0 aliphatic carbocycles. The molecule has 5 heteroatoms. The second-order valence-electron chi connectivity index (χ2n) is 6.11. The van der Waals surface area contributed by atoms with Crippen molar-refractivity contribution >= 4 is 5.82 Å². The topological polar surface area (TPSA) is 60.6 Å². The number of anilines is 1. The monoisotopic (exact) mass is 279 g/mol. The van der Waals surface area contributed by atoms with Gasteiger partial charge in [0.05, 0.1) is 17.8 Å². The van der Waals surface area contributed by atoms with E-state index in [2.05, 4.69) is 23.7 Å². The number of nitrogens with two attached hydrogens (primary N) is 1. The van der Waals surface area contributed by atoms with Crippen LogP contribution in [0, 0.1) is 0 Å². The minimum Gasteiger partial charge on any atom is -0.487 e.